The zero-order chi connectivity index (χ0) is 12.4. The van der Waals surface area contributed by atoms with Gasteiger partial charge >= 0.3 is 0 Å². The predicted octanol–water partition coefficient (Wildman–Crippen LogP) is 4.38. The van der Waals surface area contributed by atoms with Crippen LogP contribution in [0.1, 0.15) is 13.8 Å². The second-order valence-corrected chi connectivity index (χ2v) is 3.07. The zero-order valence-corrected chi connectivity index (χ0v) is 10.0. The maximum Gasteiger partial charge on any atom is 0.0680 e. The van der Waals surface area contributed by atoms with E-state index in [1.165, 1.54) is 0 Å². The van der Waals surface area contributed by atoms with E-state index in [-0.39, 0.29) is 0 Å². The lowest BCUT2D eigenvalue weighted by molar-refractivity contribution is 1.46. The molecular formula is C15H19N. The van der Waals surface area contributed by atoms with Crippen LogP contribution in [0.15, 0.2) is 72.9 Å². The summed E-state index contributed by atoms with van der Waals surface area (Å²) in [4.78, 5) is 0. The highest BCUT2D eigenvalue weighted by atomic mass is 14.4. The minimum absolute atomic E-state index is 0.466. The highest BCUT2D eigenvalue weighted by Gasteiger charge is 2.03. The van der Waals surface area contributed by atoms with Crippen LogP contribution < -0.4 is 0 Å². The molecule has 84 valence electrons. The second kappa shape index (κ2) is 8.42. The van der Waals surface area contributed by atoms with Gasteiger partial charge in [0.2, 0.25) is 0 Å². The smallest absolute Gasteiger partial charge is 0.0680 e. The molecule has 16 heavy (non-hydrogen) atoms. The molecule has 0 aromatic rings. The molecule has 0 spiro atoms. The molecule has 0 heterocycles. The number of hydrogen-bond acceptors (Lipinski definition) is 1. The molecule has 0 atom stereocenters. The first-order valence-electron chi connectivity index (χ1n) is 5.21. The van der Waals surface area contributed by atoms with Gasteiger partial charge in [-0.2, -0.15) is 0 Å². The topological polar surface area (TPSA) is 23.9 Å². The molecule has 0 bridgehead atoms. The van der Waals surface area contributed by atoms with Crippen molar-refractivity contribution in [1.29, 1.82) is 5.41 Å². The Balaban J connectivity index is 5.07. The van der Waals surface area contributed by atoms with Crippen molar-refractivity contribution in [1.82, 2.24) is 0 Å². The highest BCUT2D eigenvalue weighted by Crippen LogP contribution is 2.10. The molecule has 0 rings (SSSR count). The Bertz CT molecular complexity index is 376. The lowest BCUT2D eigenvalue weighted by atomic mass is 10.0. The Morgan fingerprint density at radius 3 is 2.19 bits per heavy atom. The maximum absolute atomic E-state index is 8.03. The third kappa shape index (κ3) is 4.56. The van der Waals surface area contributed by atoms with Crippen molar-refractivity contribution >= 4 is 5.71 Å². The fourth-order valence-electron chi connectivity index (χ4n) is 1.12. The Morgan fingerprint density at radius 2 is 1.75 bits per heavy atom. The molecule has 1 N–H and O–H groups in total. The van der Waals surface area contributed by atoms with E-state index in [0.29, 0.717) is 5.71 Å². The Hall–Kier alpha value is -1.89. The fraction of sp³-hybridized carbons (Fsp3) is 0.133. The van der Waals surface area contributed by atoms with E-state index in [9.17, 15) is 0 Å². The van der Waals surface area contributed by atoms with Crippen LogP contribution in [0.2, 0.25) is 0 Å². The molecule has 0 aliphatic carbocycles. The first-order chi connectivity index (χ1) is 7.71. The van der Waals surface area contributed by atoms with Crippen molar-refractivity contribution in [2.24, 2.45) is 0 Å². The molecule has 0 unspecified atom stereocenters. The van der Waals surface area contributed by atoms with Crippen LogP contribution in [0, 0.1) is 5.41 Å². The molecule has 0 amide bonds. The van der Waals surface area contributed by atoms with E-state index in [4.69, 9.17) is 5.41 Å². The van der Waals surface area contributed by atoms with Gasteiger partial charge in [-0.15, -0.1) is 0 Å². The number of nitrogens with one attached hydrogen (secondary N) is 1. The number of allylic oxidation sites excluding steroid dienone is 10. The monoisotopic (exact) mass is 213 g/mol. The predicted molar refractivity (Wildman–Crippen MR) is 73.9 cm³/mol. The van der Waals surface area contributed by atoms with Crippen LogP contribution in [0.4, 0.5) is 0 Å². The SMILES string of the molecule is C=C/C=C\C(=C/C)C(=N)/C(C=C)=C/C=C\C. The number of hydrogen-bond donors (Lipinski definition) is 1. The van der Waals surface area contributed by atoms with Crippen molar-refractivity contribution in [2.45, 2.75) is 13.8 Å². The van der Waals surface area contributed by atoms with Crippen LogP contribution in [0.5, 0.6) is 0 Å². The highest BCUT2D eigenvalue weighted by molar-refractivity contribution is 6.13. The standard InChI is InChI=1S/C15H19N/c1-5-9-11-13(7-3)15(16)14(8-4)12-10-6-2/h5-12,16H,1,4H2,2-3H3/b10-6-,11-9-,13-7+,14-12+,16-15?. The van der Waals surface area contributed by atoms with Crippen molar-refractivity contribution in [2.75, 3.05) is 0 Å². The molecule has 0 aliphatic rings. The first kappa shape index (κ1) is 14.1. The molecule has 0 aromatic carbocycles. The summed E-state index contributed by atoms with van der Waals surface area (Å²) in [5, 5.41) is 8.03. The minimum Gasteiger partial charge on any atom is -0.300 e. The summed E-state index contributed by atoms with van der Waals surface area (Å²) >= 11 is 0. The molecular weight excluding hydrogens is 194 g/mol. The van der Waals surface area contributed by atoms with Gasteiger partial charge < -0.3 is 0 Å². The van der Waals surface area contributed by atoms with Crippen molar-refractivity contribution in [3.63, 3.8) is 0 Å². The van der Waals surface area contributed by atoms with Gasteiger partial charge in [0, 0.05) is 0 Å². The van der Waals surface area contributed by atoms with Gasteiger partial charge in [0.1, 0.15) is 0 Å². The van der Waals surface area contributed by atoms with Gasteiger partial charge in [0.05, 0.1) is 5.71 Å². The Kier molecular flexibility index (Phi) is 7.43. The van der Waals surface area contributed by atoms with Crippen molar-refractivity contribution < 1.29 is 0 Å². The average Bonchev–Trinajstić information content (AvgIpc) is 2.31. The van der Waals surface area contributed by atoms with Crippen LogP contribution >= 0.6 is 0 Å². The first-order valence-corrected chi connectivity index (χ1v) is 5.21. The largest absolute Gasteiger partial charge is 0.300 e. The molecule has 1 heteroatoms. The summed E-state index contributed by atoms with van der Waals surface area (Å²) in [6.07, 6.45) is 14.7. The van der Waals surface area contributed by atoms with Crippen molar-refractivity contribution in [3.8, 4) is 0 Å². The Morgan fingerprint density at radius 1 is 1.06 bits per heavy atom. The van der Waals surface area contributed by atoms with Gasteiger partial charge in [0.15, 0.2) is 0 Å². The van der Waals surface area contributed by atoms with E-state index in [1.807, 2.05) is 50.3 Å². The number of rotatable bonds is 6. The van der Waals surface area contributed by atoms with Crippen LogP contribution in [0.25, 0.3) is 0 Å². The lowest BCUT2D eigenvalue weighted by Gasteiger charge is -2.04. The summed E-state index contributed by atoms with van der Waals surface area (Å²) in [5.74, 6) is 0. The average molecular weight is 213 g/mol. The van der Waals surface area contributed by atoms with Crippen molar-refractivity contribution in [3.05, 3.63) is 72.9 Å². The summed E-state index contributed by atoms with van der Waals surface area (Å²) in [5.41, 5.74) is 2.13. The van der Waals surface area contributed by atoms with Crippen LogP contribution in [0.3, 0.4) is 0 Å². The molecule has 0 saturated heterocycles. The van der Waals surface area contributed by atoms with Gasteiger partial charge in [0.25, 0.3) is 0 Å². The minimum atomic E-state index is 0.466. The lowest BCUT2D eigenvalue weighted by Crippen LogP contribution is -2.01. The molecule has 0 aromatic heterocycles. The quantitative estimate of drug-likeness (QED) is 0.500. The molecule has 0 saturated carbocycles. The van der Waals surface area contributed by atoms with Gasteiger partial charge in [-0.3, -0.25) is 5.41 Å². The summed E-state index contributed by atoms with van der Waals surface area (Å²) in [6, 6.07) is 0. The van der Waals surface area contributed by atoms with Crippen LogP contribution in [-0.4, -0.2) is 5.71 Å². The van der Waals surface area contributed by atoms with E-state index in [1.54, 1.807) is 12.2 Å². The summed E-state index contributed by atoms with van der Waals surface area (Å²) in [6.45, 7) is 11.2. The molecule has 1 nitrogen and oxygen atoms in total. The third-order valence-corrected chi connectivity index (χ3v) is 1.99. The van der Waals surface area contributed by atoms with E-state index < -0.39 is 0 Å². The third-order valence-electron chi connectivity index (χ3n) is 1.99. The zero-order valence-electron chi connectivity index (χ0n) is 10.0. The van der Waals surface area contributed by atoms with Gasteiger partial charge in [-0.25, -0.2) is 0 Å². The molecule has 0 fully saturated rings. The normalized spacial score (nSPS) is 13.4. The fourth-order valence-corrected chi connectivity index (χ4v) is 1.12. The van der Waals surface area contributed by atoms with E-state index in [2.05, 4.69) is 13.2 Å². The van der Waals surface area contributed by atoms with E-state index >= 15 is 0 Å². The van der Waals surface area contributed by atoms with Gasteiger partial charge in [-0.1, -0.05) is 61.8 Å². The molecule has 0 radical (unpaired) electrons. The summed E-state index contributed by atoms with van der Waals surface area (Å²) in [7, 11) is 0. The Labute approximate surface area is 98.4 Å². The second-order valence-electron chi connectivity index (χ2n) is 3.07. The van der Waals surface area contributed by atoms with Crippen LogP contribution in [-0.2, 0) is 0 Å². The van der Waals surface area contributed by atoms with Gasteiger partial charge in [-0.05, 0) is 25.0 Å². The molecule has 0 aliphatic heterocycles. The maximum atomic E-state index is 8.03. The summed E-state index contributed by atoms with van der Waals surface area (Å²) < 4.78 is 0. The van der Waals surface area contributed by atoms with E-state index in [0.717, 1.165) is 11.1 Å².